The van der Waals surface area contributed by atoms with Crippen molar-refractivity contribution in [2.75, 3.05) is 6.26 Å². The zero-order valence-electron chi connectivity index (χ0n) is 12.1. The molecule has 0 aliphatic carbocycles. The molecule has 0 fully saturated rings. The molecule has 2 rings (SSSR count). The minimum Gasteiger partial charge on any atom is -0.488 e. The number of nitriles is 1. The van der Waals surface area contributed by atoms with Crippen LogP contribution < -0.4 is 4.74 Å². The number of nitrogens with zero attached hydrogens (tertiary/aromatic N) is 1. The highest BCUT2D eigenvalue weighted by Gasteiger charge is 2.12. The molecule has 0 heterocycles. The molecule has 0 amide bonds. The molecule has 2 aromatic rings. The van der Waals surface area contributed by atoms with Crippen LogP contribution in [0.3, 0.4) is 0 Å². The molecule has 0 N–H and O–H groups in total. The average Bonchev–Trinajstić information content (AvgIpc) is 2.51. The van der Waals surface area contributed by atoms with Gasteiger partial charge in [0.25, 0.3) is 0 Å². The Morgan fingerprint density at radius 3 is 2.41 bits per heavy atom. The summed E-state index contributed by atoms with van der Waals surface area (Å²) in [6.45, 7) is 0.368. The van der Waals surface area contributed by atoms with E-state index in [2.05, 4.69) is 0 Å². The third kappa shape index (κ3) is 4.21. The van der Waals surface area contributed by atoms with E-state index in [1.807, 2.05) is 30.3 Å². The highest BCUT2D eigenvalue weighted by atomic mass is 32.2. The molecule has 2 aromatic carbocycles. The second-order valence-electron chi connectivity index (χ2n) is 4.70. The van der Waals surface area contributed by atoms with Gasteiger partial charge in [-0.15, -0.1) is 0 Å². The molecule has 0 aliphatic rings. The standard InChI is InChI=1S/C17H15NO3S/c1-22(19,20)16(12-18)11-15-9-5-6-10-17(15)21-13-14-7-3-2-4-8-14/h2-11H,13H2,1H3/b16-11+. The SMILES string of the molecule is CS(=O)(=O)/C(C#N)=C/c1ccccc1OCc1ccccc1. The average molecular weight is 313 g/mol. The highest BCUT2D eigenvalue weighted by Crippen LogP contribution is 2.23. The molecule has 0 aromatic heterocycles. The summed E-state index contributed by atoms with van der Waals surface area (Å²) in [6, 6.07) is 18.4. The Labute approximate surface area is 130 Å². The largest absolute Gasteiger partial charge is 0.488 e. The van der Waals surface area contributed by atoms with Gasteiger partial charge in [0.2, 0.25) is 0 Å². The van der Waals surface area contributed by atoms with Gasteiger partial charge in [0, 0.05) is 11.8 Å². The Bertz CT molecular complexity index is 818. The molecular formula is C17H15NO3S. The third-order valence-corrected chi connectivity index (χ3v) is 3.96. The summed E-state index contributed by atoms with van der Waals surface area (Å²) in [5, 5.41) is 8.98. The molecule has 0 spiro atoms. The summed E-state index contributed by atoms with van der Waals surface area (Å²) in [5.41, 5.74) is 1.56. The van der Waals surface area contributed by atoms with Gasteiger partial charge in [-0.2, -0.15) is 5.26 Å². The Morgan fingerprint density at radius 2 is 1.77 bits per heavy atom. The Balaban J connectivity index is 2.28. The number of hydrogen-bond acceptors (Lipinski definition) is 4. The minimum absolute atomic E-state index is 0.289. The minimum atomic E-state index is -3.55. The van der Waals surface area contributed by atoms with Crippen LogP contribution >= 0.6 is 0 Å². The lowest BCUT2D eigenvalue weighted by atomic mass is 10.2. The van der Waals surface area contributed by atoms with E-state index in [0.29, 0.717) is 17.9 Å². The molecule has 0 saturated heterocycles. The van der Waals surface area contributed by atoms with Crippen molar-refractivity contribution in [3.63, 3.8) is 0 Å². The zero-order chi connectivity index (χ0) is 16.0. The predicted molar refractivity (Wildman–Crippen MR) is 85.6 cm³/mol. The zero-order valence-corrected chi connectivity index (χ0v) is 12.9. The number of ether oxygens (including phenoxy) is 1. The summed E-state index contributed by atoms with van der Waals surface area (Å²) in [5.74, 6) is 0.530. The van der Waals surface area contributed by atoms with Crippen LogP contribution in [0.25, 0.3) is 6.08 Å². The van der Waals surface area contributed by atoms with Crippen molar-refractivity contribution < 1.29 is 13.2 Å². The summed E-state index contributed by atoms with van der Waals surface area (Å²) < 4.78 is 28.8. The van der Waals surface area contributed by atoms with E-state index in [-0.39, 0.29) is 4.91 Å². The van der Waals surface area contributed by atoms with Crippen LogP contribution in [0.4, 0.5) is 0 Å². The fourth-order valence-electron chi connectivity index (χ4n) is 1.83. The molecule has 0 radical (unpaired) electrons. The summed E-state index contributed by atoms with van der Waals surface area (Å²) >= 11 is 0. The quantitative estimate of drug-likeness (QED) is 0.795. The predicted octanol–water partition coefficient (Wildman–Crippen LogP) is 3.17. The normalized spacial score (nSPS) is 11.7. The van der Waals surface area contributed by atoms with Crippen LogP contribution in [-0.4, -0.2) is 14.7 Å². The number of benzene rings is 2. The topological polar surface area (TPSA) is 67.2 Å². The number of sulfone groups is 1. The molecular weight excluding hydrogens is 298 g/mol. The first-order chi connectivity index (χ1) is 10.5. The first kappa shape index (κ1) is 15.8. The summed E-state index contributed by atoms with van der Waals surface area (Å²) in [4.78, 5) is -0.289. The third-order valence-electron chi connectivity index (χ3n) is 2.95. The van der Waals surface area contributed by atoms with Gasteiger partial charge in [-0.1, -0.05) is 48.5 Å². The number of allylic oxidation sites excluding steroid dienone is 1. The number of rotatable bonds is 5. The van der Waals surface area contributed by atoms with Crippen LogP contribution in [0, 0.1) is 11.3 Å². The van der Waals surface area contributed by atoms with Crippen molar-refractivity contribution in [3.05, 3.63) is 70.6 Å². The smallest absolute Gasteiger partial charge is 0.185 e. The second-order valence-corrected chi connectivity index (χ2v) is 6.69. The van der Waals surface area contributed by atoms with Crippen LogP contribution in [-0.2, 0) is 16.4 Å². The summed E-state index contributed by atoms with van der Waals surface area (Å²) in [7, 11) is -3.55. The first-order valence-corrected chi connectivity index (χ1v) is 8.47. The fraction of sp³-hybridized carbons (Fsp3) is 0.118. The van der Waals surface area contributed by atoms with Gasteiger partial charge in [0.15, 0.2) is 9.84 Å². The van der Waals surface area contributed by atoms with E-state index in [0.717, 1.165) is 11.8 Å². The van der Waals surface area contributed by atoms with Gasteiger partial charge in [-0.25, -0.2) is 8.42 Å². The van der Waals surface area contributed by atoms with Crippen LogP contribution in [0.5, 0.6) is 5.75 Å². The molecule has 22 heavy (non-hydrogen) atoms. The maximum atomic E-state index is 11.5. The van der Waals surface area contributed by atoms with Gasteiger partial charge < -0.3 is 4.74 Å². The number of hydrogen-bond donors (Lipinski definition) is 0. The van der Waals surface area contributed by atoms with Crippen molar-refractivity contribution in [2.45, 2.75) is 6.61 Å². The number of para-hydroxylation sites is 1. The Morgan fingerprint density at radius 1 is 1.14 bits per heavy atom. The molecule has 0 unspecified atom stereocenters. The van der Waals surface area contributed by atoms with Gasteiger partial charge >= 0.3 is 0 Å². The van der Waals surface area contributed by atoms with Crippen LogP contribution in [0.2, 0.25) is 0 Å². The van der Waals surface area contributed by atoms with E-state index in [1.54, 1.807) is 30.3 Å². The molecule has 4 nitrogen and oxygen atoms in total. The van der Waals surface area contributed by atoms with Crippen molar-refractivity contribution in [1.82, 2.24) is 0 Å². The molecule has 0 bridgehead atoms. The lowest BCUT2D eigenvalue weighted by Crippen LogP contribution is -2.00. The van der Waals surface area contributed by atoms with Crippen molar-refractivity contribution in [2.24, 2.45) is 0 Å². The van der Waals surface area contributed by atoms with E-state index >= 15 is 0 Å². The van der Waals surface area contributed by atoms with E-state index in [1.165, 1.54) is 6.08 Å². The lowest BCUT2D eigenvalue weighted by molar-refractivity contribution is 0.305. The lowest BCUT2D eigenvalue weighted by Gasteiger charge is -2.09. The Hall–Kier alpha value is -2.58. The second kappa shape index (κ2) is 6.92. The highest BCUT2D eigenvalue weighted by molar-refractivity contribution is 7.95. The molecule has 5 heteroatoms. The van der Waals surface area contributed by atoms with Crippen LogP contribution in [0.15, 0.2) is 59.5 Å². The van der Waals surface area contributed by atoms with Gasteiger partial charge in [-0.3, -0.25) is 0 Å². The van der Waals surface area contributed by atoms with Crippen LogP contribution in [0.1, 0.15) is 11.1 Å². The van der Waals surface area contributed by atoms with Crippen molar-refractivity contribution in [3.8, 4) is 11.8 Å². The maximum absolute atomic E-state index is 11.5. The molecule has 0 atom stereocenters. The monoisotopic (exact) mass is 313 g/mol. The molecule has 0 saturated carbocycles. The van der Waals surface area contributed by atoms with Crippen molar-refractivity contribution in [1.29, 1.82) is 5.26 Å². The van der Waals surface area contributed by atoms with Gasteiger partial charge in [0.05, 0.1) is 0 Å². The fourth-order valence-corrected chi connectivity index (χ4v) is 2.34. The van der Waals surface area contributed by atoms with Gasteiger partial charge in [-0.05, 0) is 17.7 Å². The first-order valence-electron chi connectivity index (χ1n) is 6.58. The Kier molecular flexibility index (Phi) is 4.97. The van der Waals surface area contributed by atoms with E-state index in [4.69, 9.17) is 10.00 Å². The van der Waals surface area contributed by atoms with E-state index in [9.17, 15) is 8.42 Å². The van der Waals surface area contributed by atoms with Gasteiger partial charge in [0.1, 0.15) is 23.3 Å². The molecule has 0 aliphatic heterocycles. The summed E-state index contributed by atoms with van der Waals surface area (Å²) in [6.07, 6.45) is 2.34. The van der Waals surface area contributed by atoms with E-state index < -0.39 is 9.84 Å². The maximum Gasteiger partial charge on any atom is 0.185 e. The van der Waals surface area contributed by atoms with Crippen molar-refractivity contribution >= 4 is 15.9 Å². The molecule has 112 valence electrons.